The standard InChI is InChI=1S/C25H27ClN6O2/c1-16-19(24-27-7-3-8-28-24)10-17-4-5-25(31-23(17)30-16)6-9-32(15-25)13-18(14-33)20-11-22(34-2)29-12-21(20)26/h3,7-8,10-12,14,18H,4-6,9,13,15H2,1-2H3,(H,30,31)/t18-,25+/m1/s1. The number of ether oxygens (including phenoxy) is 1. The highest BCUT2D eigenvalue weighted by Crippen LogP contribution is 2.38. The van der Waals surface area contributed by atoms with Crippen LogP contribution in [0.25, 0.3) is 11.4 Å². The molecular weight excluding hydrogens is 452 g/mol. The fraction of sp³-hybridized carbons (Fsp3) is 0.400. The van der Waals surface area contributed by atoms with Gasteiger partial charge in [0, 0.05) is 49.9 Å². The zero-order valence-electron chi connectivity index (χ0n) is 19.3. The Morgan fingerprint density at radius 2 is 2.09 bits per heavy atom. The maximum absolute atomic E-state index is 12.0. The van der Waals surface area contributed by atoms with E-state index in [4.69, 9.17) is 21.3 Å². The summed E-state index contributed by atoms with van der Waals surface area (Å²) in [6.07, 6.45) is 8.95. The van der Waals surface area contributed by atoms with Crippen LogP contribution in [-0.2, 0) is 11.2 Å². The number of fused-ring (bicyclic) bond motifs is 1. The normalized spacial score (nSPS) is 20.6. The molecule has 5 rings (SSSR count). The van der Waals surface area contributed by atoms with Gasteiger partial charge in [-0.1, -0.05) is 11.6 Å². The number of nitrogens with one attached hydrogen (secondary N) is 1. The highest BCUT2D eigenvalue weighted by atomic mass is 35.5. The van der Waals surface area contributed by atoms with Gasteiger partial charge in [0.05, 0.1) is 29.3 Å². The summed E-state index contributed by atoms with van der Waals surface area (Å²) in [6, 6.07) is 5.74. The van der Waals surface area contributed by atoms with Gasteiger partial charge in [0.2, 0.25) is 5.88 Å². The predicted molar refractivity (Wildman–Crippen MR) is 130 cm³/mol. The number of hydrogen-bond donors (Lipinski definition) is 1. The van der Waals surface area contributed by atoms with E-state index >= 15 is 0 Å². The highest BCUT2D eigenvalue weighted by Gasteiger charge is 2.41. The molecule has 2 aliphatic rings. The first-order valence-corrected chi connectivity index (χ1v) is 11.8. The number of halogens is 1. The third-order valence-electron chi connectivity index (χ3n) is 6.88. The van der Waals surface area contributed by atoms with Crippen LogP contribution in [0.1, 0.15) is 35.6 Å². The molecule has 1 fully saturated rings. The molecule has 0 radical (unpaired) electrons. The number of aryl methyl sites for hydroxylation is 2. The van der Waals surface area contributed by atoms with E-state index in [1.165, 1.54) is 5.56 Å². The van der Waals surface area contributed by atoms with Crippen LogP contribution in [0.3, 0.4) is 0 Å². The van der Waals surface area contributed by atoms with Crippen molar-refractivity contribution in [1.29, 1.82) is 0 Å². The topological polar surface area (TPSA) is 93.1 Å². The van der Waals surface area contributed by atoms with Gasteiger partial charge in [-0.15, -0.1) is 0 Å². The minimum Gasteiger partial charge on any atom is -0.481 e. The van der Waals surface area contributed by atoms with Crippen LogP contribution in [0, 0.1) is 6.92 Å². The molecule has 3 aromatic rings. The molecule has 5 heterocycles. The van der Waals surface area contributed by atoms with Crippen LogP contribution in [0.4, 0.5) is 5.82 Å². The van der Waals surface area contributed by atoms with Gasteiger partial charge in [0.1, 0.15) is 12.1 Å². The molecular formula is C25H27ClN6O2. The summed E-state index contributed by atoms with van der Waals surface area (Å²) >= 11 is 6.36. The van der Waals surface area contributed by atoms with Crippen molar-refractivity contribution in [3.05, 3.63) is 58.6 Å². The molecule has 8 nitrogen and oxygen atoms in total. The van der Waals surface area contributed by atoms with Crippen molar-refractivity contribution in [1.82, 2.24) is 24.8 Å². The van der Waals surface area contributed by atoms with Crippen LogP contribution < -0.4 is 10.1 Å². The number of aromatic nitrogens is 4. The minimum absolute atomic E-state index is 0.0512. The Labute approximate surface area is 203 Å². The maximum atomic E-state index is 12.0. The first-order valence-electron chi connectivity index (χ1n) is 11.4. The largest absolute Gasteiger partial charge is 0.481 e. The number of carbonyl (C=O) groups is 1. The fourth-order valence-corrected chi connectivity index (χ4v) is 5.28. The monoisotopic (exact) mass is 478 g/mol. The number of anilines is 1. The van der Waals surface area contributed by atoms with Gasteiger partial charge < -0.3 is 14.8 Å². The van der Waals surface area contributed by atoms with E-state index in [0.29, 0.717) is 23.3 Å². The van der Waals surface area contributed by atoms with Gasteiger partial charge in [0.25, 0.3) is 0 Å². The lowest BCUT2D eigenvalue weighted by Gasteiger charge is -2.37. The van der Waals surface area contributed by atoms with Gasteiger partial charge in [0.15, 0.2) is 5.82 Å². The molecule has 34 heavy (non-hydrogen) atoms. The zero-order valence-corrected chi connectivity index (χ0v) is 20.0. The SMILES string of the molecule is COc1cc([C@@H](C=O)CN2CC[C@@]3(CCc4cc(-c5ncccn5)c(C)nc4N3)C2)c(Cl)cn1. The smallest absolute Gasteiger partial charge is 0.213 e. The van der Waals surface area contributed by atoms with Crippen molar-refractivity contribution >= 4 is 23.7 Å². The van der Waals surface area contributed by atoms with Crippen molar-refractivity contribution in [3.63, 3.8) is 0 Å². The van der Waals surface area contributed by atoms with Crippen LogP contribution >= 0.6 is 11.6 Å². The van der Waals surface area contributed by atoms with E-state index < -0.39 is 0 Å². The fourth-order valence-electron chi connectivity index (χ4n) is 5.04. The Morgan fingerprint density at radius 3 is 2.85 bits per heavy atom. The molecule has 0 saturated carbocycles. The summed E-state index contributed by atoms with van der Waals surface area (Å²) in [5.74, 6) is 1.76. The Morgan fingerprint density at radius 1 is 1.26 bits per heavy atom. The van der Waals surface area contributed by atoms with Crippen molar-refractivity contribution < 1.29 is 9.53 Å². The van der Waals surface area contributed by atoms with Gasteiger partial charge in [-0.3, -0.25) is 4.90 Å². The van der Waals surface area contributed by atoms with Crippen LogP contribution in [0.2, 0.25) is 5.02 Å². The summed E-state index contributed by atoms with van der Waals surface area (Å²) in [7, 11) is 1.55. The summed E-state index contributed by atoms with van der Waals surface area (Å²) in [5.41, 5.74) is 3.78. The van der Waals surface area contributed by atoms with Crippen molar-refractivity contribution in [2.45, 2.75) is 37.6 Å². The number of nitrogens with zero attached hydrogens (tertiary/aromatic N) is 5. The molecule has 3 aromatic heterocycles. The second kappa shape index (κ2) is 9.27. The molecule has 1 saturated heterocycles. The van der Waals surface area contributed by atoms with Crippen molar-refractivity contribution in [2.24, 2.45) is 0 Å². The number of aldehydes is 1. The number of methoxy groups -OCH3 is 1. The summed E-state index contributed by atoms with van der Waals surface area (Å²) in [5, 5.41) is 4.23. The Kier molecular flexibility index (Phi) is 6.18. The molecule has 0 unspecified atom stereocenters. The number of rotatable bonds is 6. The maximum Gasteiger partial charge on any atom is 0.213 e. The number of likely N-dealkylation sites (tertiary alicyclic amines) is 1. The van der Waals surface area contributed by atoms with Crippen LogP contribution in [0.15, 0.2) is 36.8 Å². The number of hydrogen-bond acceptors (Lipinski definition) is 8. The van der Waals surface area contributed by atoms with Gasteiger partial charge in [-0.2, -0.15) is 0 Å². The van der Waals surface area contributed by atoms with Crippen LogP contribution in [0.5, 0.6) is 5.88 Å². The van der Waals surface area contributed by atoms with Gasteiger partial charge in [-0.05, 0) is 49.4 Å². The Bertz CT molecular complexity index is 1210. The average molecular weight is 479 g/mol. The summed E-state index contributed by atoms with van der Waals surface area (Å²) in [4.78, 5) is 32.1. The molecule has 9 heteroatoms. The van der Waals surface area contributed by atoms with E-state index in [1.807, 2.05) is 13.0 Å². The Hall–Kier alpha value is -3.10. The molecule has 0 aliphatic carbocycles. The zero-order chi connectivity index (χ0) is 23.7. The van der Waals surface area contributed by atoms with E-state index in [9.17, 15) is 4.79 Å². The van der Waals surface area contributed by atoms with Gasteiger partial charge >= 0.3 is 0 Å². The van der Waals surface area contributed by atoms with Crippen molar-refractivity contribution in [2.75, 3.05) is 32.1 Å². The molecule has 1 N–H and O–H groups in total. The number of pyridine rings is 2. The molecule has 176 valence electrons. The third-order valence-corrected chi connectivity index (χ3v) is 7.19. The summed E-state index contributed by atoms with van der Waals surface area (Å²) < 4.78 is 5.22. The molecule has 0 amide bonds. The second-order valence-corrected chi connectivity index (χ2v) is 9.49. The molecule has 1 spiro atoms. The molecule has 2 aliphatic heterocycles. The molecule has 2 atom stereocenters. The average Bonchev–Trinajstić information content (AvgIpc) is 3.24. The van der Waals surface area contributed by atoms with E-state index in [1.54, 1.807) is 31.8 Å². The highest BCUT2D eigenvalue weighted by molar-refractivity contribution is 6.31. The lowest BCUT2D eigenvalue weighted by atomic mass is 9.86. The van der Waals surface area contributed by atoms with Crippen molar-refractivity contribution in [3.8, 4) is 17.3 Å². The first-order chi connectivity index (χ1) is 16.5. The first kappa shape index (κ1) is 22.7. The van der Waals surface area contributed by atoms with Gasteiger partial charge in [-0.25, -0.2) is 19.9 Å². The number of carbonyl (C=O) groups excluding carboxylic acids is 1. The minimum atomic E-state index is -0.343. The Balaban J connectivity index is 1.31. The predicted octanol–water partition coefficient (Wildman–Crippen LogP) is 3.69. The van der Waals surface area contributed by atoms with E-state index in [-0.39, 0.29) is 11.5 Å². The molecule has 0 bridgehead atoms. The third kappa shape index (κ3) is 4.35. The van der Waals surface area contributed by atoms with E-state index in [2.05, 4.69) is 31.2 Å². The molecule has 0 aromatic carbocycles. The van der Waals surface area contributed by atoms with Crippen LogP contribution in [-0.4, -0.2) is 63.4 Å². The lowest BCUT2D eigenvalue weighted by molar-refractivity contribution is -0.109. The lowest BCUT2D eigenvalue weighted by Crippen LogP contribution is -2.45. The quantitative estimate of drug-likeness (QED) is 0.536. The summed E-state index contributed by atoms with van der Waals surface area (Å²) in [6.45, 7) is 4.35. The second-order valence-electron chi connectivity index (χ2n) is 9.08. The van der Waals surface area contributed by atoms with E-state index in [0.717, 1.165) is 61.3 Å².